The van der Waals surface area contributed by atoms with Crippen molar-refractivity contribution in [3.05, 3.63) is 58.6 Å². The van der Waals surface area contributed by atoms with E-state index in [0.717, 1.165) is 11.1 Å². The number of rotatable bonds is 11. The van der Waals surface area contributed by atoms with Crippen LogP contribution in [0, 0.1) is 6.92 Å². The fourth-order valence-electron chi connectivity index (χ4n) is 2.64. The summed E-state index contributed by atoms with van der Waals surface area (Å²) in [4.78, 5) is 11.4. The van der Waals surface area contributed by atoms with Crippen molar-refractivity contribution in [2.24, 2.45) is 0 Å². The molecule has 29 heavy (non-hydrogen) atoms. The van der Waals surface area contributed by atoms with Crippen LogP contribution >= 0.6 is 11.6 Å². The van der Waals surface area contributed by atoms with Crippen molar-refractivity contribution in [1.29, 1.82) is 0 Å². The molecule has 0 amide bonds. The SMILES string of the molecule is Cc1cc(OC[C@H](O)COc2cccc(C[C@H](OC(C)C)C(=O)O)c2)ccc1Cl. The highest BCUT2D eigenvalue weighted by atomic mass is 35.5. The van der Waals surface area contributed by atoms with Gasteiger partial charge in [0.25, 0.3) is 0 Å². The zero-order chi connectivity index (χ0) is 21.4. The highest BCUT2D eigenvalue weighted by Crippen LogP contribution is 2.21. The van der Waals surface area contributed by atoms with Crippen LogP contribution in [0.5, 0.6) is 11.5 Å². The summed E-state index contributed by atoms with van der Waals surface area (Å²) in [6.07, 6.45) is -1.71. The van der Waals surface area contributed by atoms with Crippen LogP contribution in [-0.4, -0.2) is 47.7 Å². The monoisotopic (exact) mass is 422 g/mol. The number of carboxylic acids is 1. The first-order valence-corrected chi connectivity index (χ1v) is 9.79. The summed E-state index contributed by atoms with van der Waals surface area (Å²) >= 11 is 5.98. The number of carboxylic acid groups (broad SMARTS) is 1. The van der Waals surface area contributed by atoms with Crippen molar-refractivity contribution >= 4 is 17.6 Å². The second-order valence-corrected chi connectivity index (χ2v) is 7.46. The molecule has 2 aromatic carbocycles. The number of halogens is 1. The molecule has 2 rings (SSSR count). The molecule has 158 valence electrons. The van der Waals surface area contributed by atoms with Crippen LogP contribution in [0.25, 0.3) is 0 Å². The summed E-state index contributed by atoms with van der Waals surface area (Å²) < 4.78 is 16.6. The van der Waals surface area contributed by atoms with Crippen molar-refractivity contribution in [2.75, 3.05) is 13.2 Å². The summed E-state index contributed by atoms with van der Waals surface area (Å²) in [5, 5.41) is 20.1. The van der Waals surface area contributed by atoms with Crippen molar-refractivity contribution in [3.8, 4) is 11.5 Å². The van der Waals surface area contributed by atoms with E-state index in [1.165, 1.54) is 0 Å². The van der Waals surface area contributed by atoms with Gasteiger partial charge in [0.2, 0.25) is 0 Å². The largest absolute Gasteiger partial charge is 0.491 e. The molecule has 0 aliphatic heterocycles. The molecule has 0 aromatic heterocycles. The summed E-state index contributed by atoms with van der Waals surface area (Å²) in [6.45, 7) is 5.59. The molecule has 0 aliphatic carbocycles. The van der Waals surface area contributed by atoms with Gasteiger partial charge in [-0.05, 0) is 62.2 Å². The number of hydrogen-bond acceptors (Lipinski definition) is 5. The van der Waals surface area contributed by atoms with Gasteiger partial charge < -0.3 is 24.4 Å². The molecule has 2 aromatic rings. The van der Waals surface area contributed by atoms with Gasteiger partial charge in [-0.2, -0.15) is 0 Å². The van der Waals surface area contributed by atoms with Gasteiger partial charge in [0, 0.05) is 11.4 Å². The molecule has 0 heterocycles. The van der Waals surface area contributed by atoms with E-state index in [4.69, 9.17) is 25.8 Å². The molecule has 2 N–H and O–H groups in total. The molecule has 0 saturated carbocycles. The maximum Gasteiger partial charge on any atom is 0.333 e. The predicted octanol–water partition coefficient (Wildman–Crippen LogP) is 3.89. The standard InChI is InChI=1S/C22H27ClO6/c1-14(2)29-21(22(25)26)11-16-5-4-6-18(10-16)27-12-17(24)13-28-19-7-8-20(23)15(3)9-19/h4-10,14,17,21,24H,11-13H2,1-3H3,(H,25,26)/t17-,21+/m1/s1. The first-order chi connectivity index (χ1) is 13.7. The lowest BCUT2D eigenvalue weighted by molar-refractivity contribution is -0.153. The first kappa shape index (κ1) is 23.0. The molecule has 0 saturated heterocycles. The second kappa shape index (κ2) is 11.0. The normalized spacial score (nSPS) is 13.2. The van der Waals surface area contributed by atoms with Crippen molar-refractivity contribution in [1.82, 2.24) is 0 Å². The highest BCUT2D eigenvalue weighted by molar-refractivity contribution is 6.31. The third kappa shape index (κ3) is 7.93. The van der Waals surface area contributed by atoms with Gasteiger partial charge in [-0.3, -0.25) is 0 Å². The summed E-state index contributed by atoms with van der Waals surface area (Å²) in [7, 11) is 0. The fourth-order valence-corrected chi connectivity index (χ4v) is 2.76. The molecule has 0 spiro atoms. The third-order valence-corrected chi connectivity index (χ3v) is 4.47. The van der Waals surface area contributed by atoms with Gasteiger partial charge in [0.05, 0.1) is 6.10 Å². The number of carbonyl (C=O) groups is 1. The van der Waals surface area contributed by atoms with Crippen LogP contribution in [0.4, 0.5) is 0 Å². The Morgan fingerprint density at radius 1 is 1.07 bits per heavy atom. The van der Waals surface area contributed by atoms with Crippen molar-refractivity contribution in [2.45, 2.75) is 45.5 Å². The maximum absolute atomic E-state index is 11.4. The van der Waals surface area contributed by atoms with Crippen LogP contribution in [-0.2, 0) is 16.0 Å². The van der Waals surface area contributed by atoms with Crippen molar-refractivity contribution < 1.29 is 29.2 Å². The topological polar surface area (TPSA) is 85.2 Å². The number of benzene rings is 2. The number of aliphatic carboxylic acids is 1. The molecular weight excluding hydrogens is 396 g/mol. The maximum atomic E-state index is 11.4. The van der Waals surface area contributed by atoms with E-state index in [1.54, 1.807) is 50.2 Å². The number of aryl methyl sites for hydroxylation is 1. The van der Waals surface area contributed by atoms with E-state index in [2.05, 4.69) is 0 Å². The average Bonchev–Trinajstić information content (AvgIpc) is 2.66. The minimum Gasteiger partial charge on any atom is -0.491 e. The van der Waals surface area contributed by atoms with Gasteiger partial charge in [0.1, 0.15) is 30.8 Å². The third-order valence-electron chi connectivity index (χ3n) is 4.05. The number of hydrogen-bond donors (Lipinski definition) is 2. The van der Waals surface area contributed by atoms with Crippen LogP contribution in [0.3, 0.4) is 0 Å². The second-order valence-electron chi connectivity index (χ2n) is 7.05. The van der Waals surface area contributed by atoms with Gasteiger partial charge in [-0.1, -0.05) is 23.7 Å². The Balaban J connectivity index is 1.86. The molecule has 0 bridgehead atoms. The fraction of sp³-hybridized carbons (Fsp3) is 0.409. The van der Waals surface area contributed by atoms with E-state index >= 15 is 0 Å². The quantitative estimate of drug-likeness (QED) is 0.571. The summed E-state index contributed by atoms with van der Waals surface area (Å²) in [6, 6.07) is 12.4. The van der Waals surface area contributed by atoms with Gasteiger partial charge in [-0.25, -0.2) is 4.79 Å². The van der Waals surface area contributed by atoms with E-state index in [9.17, 15) is 15.0 Å². The minimum absolute atomic E-state index is 0.0425. The van der Waals surface area contributed by atoms with Gasteiger partial charge in [-0.15, -0.1) is 0 Å². The van der Waals surface area contributed by atoms with Crippen LogP contribution < -0.4 is 9.47 Å². The zero-order valence-electron chi connectivity index (χ0n) is 16.8. The number of aliphatic hydroxyl groups is 1. The lowest BCUT2D eigenvalue weighted by atomic mass is 10.1. The first-order valence-electron chi connectivity index (χ1n) is 9.41. The lowest BCUT2D eigenvalue weighted by Gasteiger charge is -2.17. The molecule has 6 nitrogen and oxygen atoms in total. The Morgan fingerprint density at radius 3 is 2.31 bits per heavy atom. The Morgan fingerprint density at radius 2 is 1.72 bits per heavy atom. The highest BCUT2D eigenvalue weighted by Gasteiger charge is 2.20. The molecule has 2 atom stereocenters. The molecule has 0 unspecified atom stereocenters. The molecule has 0 fully saturated rings. The van der Waals surface area contributed by atoms with Gasteiger partial charge in [0.15, 0.2) is 6.10 Å². The predicted molar refractivity (Wildman–Crippen MR) is 111 cm³/mol. The molecular formula is C22H27ClO6. The number of aliphatic hydroxyl groups excluding tert-OH is 1. The molecule has 7 heteroatoms. The van der Waals surface area contributed by atoms with Gasteiger partial charge >= 0.3 is 5.97 Å². The van der Waals surface area contributed by atoms with E-state index in [1.807, 2.05) is 13.0 Å². The minimum atomic E-state index is -1.00. The van der Waals surface area contributed by atoms with Crippen LogP contribution in [0.1, 0.15) is 25.0 Å². The summed E-state index contributed by atoms with van der Waals surface area (Å²) in [5.41, 5.74) is 1.67. The lowest BCUT2D eigenvalue weighted by Crippen LogP contribution is -2.29. The van der Waals surface area contributed by atoms with Crippen LogP contribution in [0.15, 0.2) is 42.5 Å². The molecule has 0 radical (unpaired) electrons. The van der Waals surface area contributed by atoms with E-state index in [0.29, 0.717) is 16.5 Å². The smallest absolute Gasteiger partial charge is 0.333 e. The Bertz CT molecular complexity index is 808. The molecule has 0 aliphatic rings. The van der Waals surface area contributed by atoms with Crippen molar-refractivity contribution in [3.63, 3.8) is 0 Å². The Hall–Kier alpha value is -2.28. The average molecular weight is 423 g/mol. The van der Waals surface area contributed by atoms with E-state index < -0.39 is 18.2 Å². The Kier molecular flexibility index (Phi) is 8.76. The van der Waals surface area contributed by atoms with E-state index in [-0.39, 0.29) is 25.7 Å². The number of ether oxygens (including phenoxy) is 3. The van der Waals surface area contributed by atoms with Crippen LogP contribution in [0.2, 0.25) is 5.02 Å². The zero-order valence-corrected chi connectivity index (χ0v) is 17.6. The summed E-state index contributed by atoms with van der Waals surface area (Å²) in [5.74, 6) is 0.158. The Labute approximate surface area is 176 Å².